The fourth-order valence-corrected chi connectivity index (χ4v) is 17.3. The molecule has 0 nitrogen and oxygen atoms in total. The Morgan fingerprint density at radius 1 is 0.652 bits per heavy atom. The van der Waals surface area contributed by atoms with E-state index in [1.54, 1.807) is 0 Å². The molecule has 5 rings (SSSR count). The van der Waals surface area contributed by atoms with Crippen molar-refractivity contribution in [3.8, 4) is 0 Å². The molecule has 0 bridgehead atoms. The van der Waals surface area contributed by atoms with E-state index >= 15 is 0 Å². The zero-order valence-corrected chi connectivity index (χ0v) is 16.1. The van der Waals surface area contributed by atoms with Gasteiger partial charge in [-0.1, -0.05) is 0 Å². The quantitative estimate of drug-likeness (QED) is 0.449. The molecule has 1 saturated heterocycles. The van der Waals surface area contributed by atoms with Crippen LogP contribution in [0.15, 0.2) is 48.6 Å². The van der Waals surface area contributed by atoms with Gasteiger partial charge in [0, 0.05) is 0 Å². The van der Waals surface area contributed by atoms with E-state index in [0.29, 0.717) is 0 Å². The SMILES string of the molecule is [CH3][Ti]1([CH3])[CH]2C(CCC3CC4C=CC=CC4[CH]31)CC1C=CC=CC12. The van der Waals surface area contributed by atoms with Gasteiger partial charge in [-0.2, -0.15) is 0 Å². The molecule has 122 valence electrons. The third-order valence-electron chi connectivity index (χ3n) is 8.22. The van der Waals surface area contributed by atoms with Crippen molar-refractivity contribution in [2.75, 3.05) is 0 Å². The van der Waals surface area contributed by atoms with Gasteiger partial charge in [0.15, 0.2) is 0 Å². The van der Waals surface area contributed by atoms with Gasteiger partial charge in [-0.05, 0) is 0 Å². The van der Waals surface area contributed by atoms with Gasteiger partial charge in [0.05, 0.1) is 0 Å². The predicted molar refractivity (Wildman–Crippen MR) is 95.2 cm³/mol. The van der Waals surface area contributed by atoms with Crippen molar-refractivity contribution in [1.82, 2.24) is 0 Å². The molecule has 0 amide bonds. The predicted octanol–water partition coefficient (Wildman–Crippen LogP) is 6.36. The van der Waals surface area contributed by atoms with Gasteiger partial charge in [0.25, 0.3) is 0 Å². The van der Waals surface area contributed by atoms with Crippen molar-refractivity contribution in [2.24, 2.45) is 35.5 Å². The molecule has 0 radical (unpaired) electrons. The normalized spacial score (nSPS) is 51.7. The molecule has 0 aromatic carbocycles. The Morgan fingerprint density at radius 2 is 1.09 bits per heavy atom. The number of hydrogen-bond acceptors (Lipinski definition) is 0. The first kappa shape index (κ1) is 15.0. The molecule has 23 heavy (non-hydrogen) atoms. The van der Waals surface area contributed by atoms with Crippen molar-refractivity contribution in [3.05, 3.63) is 48.6 Å². The summed E-state index contributed by atoms with van der Waals surface area (Å²) in [5.74, 6) is 5.60. The molecule has 1 heterocycles. The Kier molecular flexibility index (Phi) is 3.47. The summed E-state index contributed by atoms with van der Waals surface area (Å²) in [4.78, 5) is 0. The minimum atomic E-state index is -1.90. The number of rotatable bonds is 0. The van der Waals surface area contributed by atoms with Gasteiger partial charge < -0.3 is 0 Å². The van der Waals surface area contributed by atoms with Crippen molar-refractivity contribution in [3.63, 3.8) is 0 Å². The summed E-state index contributed by atoms with van der Waals surface area (Å²) in [5, 5.41) is 5.65. The summed E-state index contributed by atoms with van der Waals surface area (Å²) < 4.78 is 2.16. The van der Waals surface area contributed by atoms with Crippen molar-refractivity contribution >= 4 is 0 Å². The van der Waals surface area contributed by atoms with E-state index in [1.807, 2.05) is 0 Å². The summed E-state index contributed by atoms with van der Waals surface area (Å²) in [7, 11) is 0. The van der Waals surface area contributed by atoms with Crippen LogP contribution in [0.3, 0.4) is 0 Å². The van der Waals surface area contributed by atoms with Crippen LogP contribution in [-0.2, 0) is 16.6 Å². The van der Waals surface area contributed by atoms with E-state index in [0.717, 1.165) is 44.0 Å². The van der Waals surface area contributed by atoms with Gasteiger partial charge in [-0.15, -0.1) is 0 Å². The molecule has 0 spiro atoms. The van der Waals surface area contributed by atoms with Gasteiger partial charge >= 0.3 is 145 Å². The fourth-order valence-electron chi connectivity index (χ4n) is 7.66. The Balaban J connectivity index is 1.55. The van der Waals surface area contributed by atoms with Gasteiger partial charge in [0.1, 0.15) is 0 Å². The average Bonchev–Trinajstić information content (AvgIpc) is 3.08. The Bertz CT molecular complexity index is 555. The molecule has 0 aromatic heterocycles. The van der Waals surface area contributed by atoms with Crippen molar-refractivity contribution in [2.45, 2.75) is 44.6 Å². The van der Waals surface area contributed by atoms with Crippen LogP contribution >= 0.6 is 0 Å². The van der Waals surface area contributed by atoms with Crippen molar-refractivity contribution < 1.29 is 16.6 Å². The third-order valence-corrected chi connectivity index (χ3v) is 16.3. The molecule has 3 fully saturated rings. The molecule has 0 aromatic rings. The van der Waals surface area contributed by atoms with E-state index in [4.69, 9.17) is 0 Å². The summed E-state index contributed by atoms with van der Waals surface area (Å²) in [6, 6.07) is 0. The number of fused-ring (bicyclic) bond motifs is 6. The summed E-state index contributed by atoms with van der Waals surface area (Å²) in [6.07, 6.45) is 25.7. The monoisotopic (exact) mass is 342 g/mol. The molecule has 1 aliphatic heterocycles. The molecule has 4 aliphatic carbocycles. The molecule has 0 N–H and O–H groups in total. The molecule has 8 atom stereocenters. The second-order valence-corrected chi connectivity index (χ2v) is 17.2. The van der Waals surface area contributed by atoms with Crippen molar-refractivity contribution in [1.29, 1.82) is 0 Å². The van der Waals surface area contributed by atoms with E-state index < -0.39 is 16.6 Å². The topological polar surface area (TPSA) is 0 Å². The molecular weight excluding hydrogens is 312 g/mol. The van der Waals surface area contributed by atoms with Crippen LogP contribution in [0.4, 0.5) is 0 Å². The van der Waals surface area contributed by atoms with Crippen LogP contribution in [0.25, 0.3) is 0 Å². The van der Waals surface area contributed by atoms with Crippen LogP contribution in [0, 0.1) is 35.5 Å². The van der Waals surface area contributed by atoms with Crippen LogP contribution in [-0.4, -0.2) is 0 Å². The van der Waals surface area contributed by atoms with E-state index in [1.165, 1.54) is 25.7 Å². The van der Waals surface area contributed by atoms with Crippen LogP contribution in [0.1, 0.15) is 25.7 Å². The zero-order valence-electron chi connectivity index (χ0n) is 14.6. The Morgan fingerprint density at radius 3 is 1.57 bits per heavy atom. The number of allylic oxidation sites excluding steroid dienone is 8. The van der Waals surface area contributed by atoms with Crippen LogP contribution < -0.4 is 0 Å². The summed E-state index contributed by atoms with van der Waals surface area (Å²) in [5.41, 5.74) is 0. The first-order valence-electron chi connectivity index (χ1n) is 9.86. The molecule has 5 aliphatic rings. The fraction of sp³-hybridized carbons (Fsp3) is 0.636. The van der Waals surface area contributed by atoms with Crippen LogP contribution in [0.5, 0.6) is 0 Å². The van der Waals surface area contributed by atoms with Gasteiger partial charge in [-0.3, -0.25) is 0 Å². The standard InChI is InChI=1S/C20H24.2CH3.Ti/c1-2-6-18-12-15(11-17(18)5-1)9-10-16-13-19-7-3-4-8-20(19)14-16;;;/h1-8,11,13,15-20H,9-10,12,14H2;2*1H3;. The average molecular weight is 342 g/mol. The zero-order chi connectivity index (χ0) is 15.6. The first-order chi connectivity index (χ1) is 11.2. The molecule has 8 unspecified atom stereocenters. The first-order valence-corrected chi connectivity index (χ1v) is 14.8. The molecule has 1 heteroatoms. The van der Waals surface area contributed by atoms with Crippen LogP contribution in [0.2, 0.25) is 18.9 Å². The molecular formula is C22H30Ti. The van der Waals surface area contributed by atoms with E-state index in [2.05, 4.69) is 59.1 Å². The third kappa shape index (κ3) is 2.14. The Labute approximate surface area is 145 Å². The molecule has 2 saturated carbocycles. The van der Waals surface area contributed by atoms with Gasteiger partial charge in [-0.25, -0.2) is 0 Å². The summed E-state index contributed by atoms with van der Waals surface area (Å²) >= 11 is -1.90. The van der Waals surface area contributed by atoms with Gasteiger partial charge in [0.2, 0.25) is 0 Å². The van der Waals surface area contributed by atoms with E-state index in [-0.39, 0.29) is 0 Å². The number of hydrogen-bond donors (Lipinski definition) is 0. The van der Waals surface area contributed by atoms with E-state index in [9.17, 15) is 0 Å². The second kappa shape index (κ2) is 5.33. The summed E-state index contributed by atoms with van der Waals surface area (Å²) in [6.45, 7) is 0. The second-order valence-electron chi connectivity index (χ2n) is 9.46. The maximum absolute atomic E-state index is 2.82. The maximum atomic E-state index is 2.82. The minimum absolute atomic E-state index is 0.871. The Hall–Kier alpha value is -0.326.